The van der Waals surface area contributed by atoms with Gasteiger partial charge in [-0.15, -0.1) is 0 Å². The molecular formula is C9H11N3O2. The number of benzene rings is 1. The van der Waals surface area contributed by atoms with Crippen LogP contribution < -0.4 is 5.73 Å². The summed E-state index contributed by atoms with van der Waals surface area (Å²) in [5.74, 6) is -0.0672. The van der Waals surface area contributed by atoms with Gasteiger partial charge in [-0.2, -0.15) is 0 Å². The Bertz CT molecular complexity index is 388. The molecule has 0 aliphatic carbocycles. The first kappa shape index (κ1) is 10.2. The number of nitrogens with one attached hydrogen (secondary N) is 1. The van der Waals surface area contributed by atoms with Crippen molar-refractivity contribution in [2.75, 3.05) is 0 Å². The van der Waals surface area contributed by atoms with Gasteiger partial charge in [-0.3, -0.25) is 15.5 Å². The number of nitro benzene ring substituents is 1. The van der Waals surface area contributed by atoms with Crippen LogP contribution in [0, 0.1) is 22.4 Å². The molecule has 0 bridgehead atoms. The molecule has 0 aromatic heterocycles. The van der Waals surface area contributed by atoms with Gasteiger partial charge in [0.1, 0.15) is 0 Å². The summed E-state index contributed by atoms with van der Waals surface area (Å²) in [5.41, 5.74) is 6.56. The monoisotopic (exact) mass is 193 g/mol. The van der Waals surface area contributed by atoms with E-state index in [9.17, 15) is 10.1 Å². The van der Waals surface area contributed by atoms with Crippen molar-refractivity contribution >= 4 is 11.5 Å². The normalized spacial score (nSPS) is 9.79. The average molecular weight is 193 g/mol. The summed E-state index contributed by atoms with van der Waals surface area (Å²) in [6, 6.07) is 4.81. The maximum Gasteiger partial charge on any atom is 0.273 e. The third-order valence-corrected chi connectivity index (χ3v) is 1.95. The third kappa shape index (κ3) is 2.07. The van der Waals surface area contributed by atoms with E-state index in [0.29, 0.717) is 5.56 Å². The van der Waals surface area contributed by atoms with Crippen LogP contribution in [0.5, 0.6) is 0 Å². The van der Waals surface area contributed by atoms with Gasteiger partial charge in [-0.05, 0) is 12.5 Å². The quantitative estimate of drug-likeness (QED) is 0.328. The Hall–Kier alpha value is -1.91. The van der Waals surface area contributed by atoms with Gasteiger partial charge in [0, 0.05) is 18.1 Å². The number of amidine groups is 1. The first-order valence-corrected chi connectivity index (χ1v) is 4.08. The fourth-order valence-corrected chi connectivity index (χ4v) is 1.28. The fourth-order valence-electron chi connectivity index (χ4n) is 1.28. The minimum Gasteiger partial charge on any atom is -0.387 e. The Morgan fingerprint density at radius 3 is 2.79 bits per heavy atom. The van der Waals surface area contributed by atoms with Crippen molar-refractivity contribution in [3.63, 3.8) is 0 Å². The number of nitrogens with zero attached hydrogens (tertiary/aromatic N) is 1. The molecule has 74 valence electrons. The first-order chi connectivity index (χ1) is 6.52. The maximum atomic E-state index is 10.6. The molecule has 0 aliphatic heterocycles. The highest BCUT2D eigenvalue weighted by Gasteiger charge is 2.15. The van der Waals surface area contributed by atoms with Gasteiger partial charge in [0.15, 0.2) is 0 Å². The van der Waals surface area contributed by atoms with Gasteiger partial charge in [-0.25, -0.2) is 0 Å². The molecule has 0 saturated carbocycles. The second-order valence-electron chi connectivity index (χ2n) is 3.03. The lowest BCUT2D eigenvalue weighted by atomic mass is 10.0. The predicted octanol–water partition coefficient (Wildman–Crippen LogP) is 1.38. The van der Waals surface area contributed by atoms with Gasteiger partial charge >= 0.3 is 0 Å². The number of nitro groups is 1. The van der Waals surface area contributed by atoms with E-state index in [-0.39, 0.29) is 17.9 Å². The van der Waals surface area contributed by atoms with E-state index in [0.717, 1.165) is 5.56 Å². The van der Waals surface area contributed by atoms with Crippen LogP contribution in [0.15, 0.2) is 18.2 Å². The Morgan fingerprint density at radius 1 is 1.64 bits per heavy atom. The molecule has 0 radical (unpaired) electrons. The van der Waals surface area contributed by atoms with Crippen molar-refractivity contribution in [3.8, 4) is 0 Å². The zero-order valence-corrected chi connectivity index (χ0v) is 7.78. The van der Waals surface area contributed by atoms with Gasteiger partial charge in [0.25, 0.3) is 5.69 Å². The minimum atomic E-state index is -0.453. The van der Waals surface area contributed by atoms with Crippen LogP contribution in [0.4, 0.5) is 5.69 Å². The van der Waals surface area contributed by atoms with Crippen molar-refractivity contribution in [3.05, 3.63) is 39.4 Å². The topological polar surface area (TPSA) is 93.0 Å². The molecule has 0 saturated heterocycles. The maximum absolute atomic E-state index is 10.6. The second-order valence-corrected chi connectivity index (χ2v) is 3.03. The van der Waals surface area contributed by atoms with Gasteiger partial charge < -0.3 is 5.73 Å². The molecule has 0 fully saturated rings. The van der Waals surface area contributed by atoms with E-state index in [1.165, 1.54) is 6.07 Å². The lowest BCUT2D eigenvalue weighted by Crippen LogP contribution is -2.14. The lowest BCUT2D eigenvalue weighted by Gasteiger charge is -2.04. The molecule has 0 atom stereocenters. The van der Waals surface area contributed by atoms with Gasteiger partial charge in [0.2, 0.25) is 0 Å². The summed E-state index contributed by atoms with van der Waals surface area (Å²) < 4.78 is 0. The highest BCUT2D eigenvalue weighted by molar-refractivity contribution is 5.81. The molecule has 0 amide bonds. The van der Waals surface area contributed by atoms with Crippen molar-refractivity contribution in [1.29, 1.82) is 5.41 Å². The first-order valence-electron chi connectivity index (χ1n) is 4.08. The van der Waals surface area contributed by atoms with Crippen molar-refractivity contribution < 1.29 is 4.92 Å². The van der Waals surface area contributed by atoms with E-state index in [1.54, 1.807) is 19.1 Å². The lowest BCUT2D eigenvalue weighted by molar-refractivity contribution is -0.385. The molecule has 0 unspecified atom stereocenters. The molecule has 3 N–H and O–H groups in total. The van der Waals surface area contributed by atoms with Crippen molar-refractivity contribution in [1.82, 2.24) is 0 Å². The van der Waals surface area contributed by atoms with Crippen LogP contribution in [0.3, 0.4) is 0 Å². The molecule has 1 rings (SSSR count). The molecule has 0 spiro atoms. The predicted molar refractivity (Wildman–Crippen MR) is 53.5 cm³/mol. The average Bonchev–Trinajstić information content (AvgIpc) is 2.07. The van der Waals surface area contributed by atoms with Gasteiger partial charge in [-0.1, -0.05) is 12.1 Å². The van der Waals surface area contributed by atoms with Crippen LogP contribution in [-0.4, -0.2) is 10.8 Å². The summed E-state index contributed by atoms with van der Waals surface area (Å²) >= 11 is 0. The minimum absolute atomic E-state index is 0.0280. The van der Waals surface area contributed by atoms with E-state index in [1.807, 2.05) is 0 Å². The van der Waals surface area contributed by atoms with Gasteiger partial charge in [0.05, 0.1) is 10.8 Å². The molecule has 0 heterocycles. The standard InChI is InChI=1S/C9H11N3O2/c1-6-3-2-4-8(12(13)14)7(6)5-9(10)11/h2-4H,5H2,1H3,(H3,10,11). The van der Waals surface area contributed by atoms with E-state index in [4.69, 9.17) is 11.1 Å². The Morgan fingerprint density at radius 2 is 2.29 bits per heavy atom. The Kier molecular flexibility index (Phi) is 2.81. The highest BCUT2D eigenvalue weighted by Crippen LogP contribution is 2.21. The molecule has 0 aliphatic rings. The van der Waals surface area contributed by atoms with Crippen LogP contribution >= 0.6 is 0 Å². The SMILES string of the molecule is Cc1cccc([N+](=O)[O-])c1CC(=N)N. The van der Waals surface area contributed by atoms with E-state index in [2.05, 4.69) is 0 Å². The van der Waals surface area contributed by atoms with Crippen molar-refractivity contribution in [2.45, 2.75) is 13.3 Å². The fraction of sp³-hybridized carbons (Fsp3) is 0.222. The molecule has 1 aromatic carbocycles. The highest BCUT2D eigenvalue weighted by atomic mass is 16.6. The summed E-state index contributed by atoms with van der Waals surface area (Å²) in [7, 11) is 0. The smallest absolute Gasteiger partial charge is 0.273 e. The number of aryl methyl sites for hydroxylation is 1. The largest absolute Gasteiger partial charge is 0.387 e. The van der Waals surface area contributed by atoms with Crippen LogP contribution in [0.2, 0.25) is 0 Å². The van der Waals surface area contributed by atoms with Crippen LogP contribution in [-0.2, 0) is 6.42 Å². The van der Waals surface area contributed by atoms with Crippen LogP contribution in [0.1, 0.15) is 11.1 Å². The van der Waals surface area contributed by atoms with E-state index >= 15 is 0 Å². The molecular weight excluding hydrogens is 182 g/mol. The van der Waals surface area contributed by atoms with E-state index < -0.39 is 4.92 Å². The molecule has 5 heteroatoms. The zero-order valence-electron chi connectivity index (χ0n) is 7.78. The third-order valence-electron chi connectivity index (χ3n) is 1.95. The summed E-state index contributed by atoms with van der Waals surface area (Å²) in [5, 5.41) is 17.8. The number of rotatable bonds is 3. The number of hydrogen-bond acceptors (Lipinski definition) is 3. The molecule has 5 nitrogen and oxygen atoms in total. The summed E-state index contributed by atoms with van der Waals surface area (Å²) in [6.07, 6.45) is 0.128. The Balaban J connectivity index is 3.22. The van der Waals surface area contributed by atoms with Crippen LogP contribution in [0.25, 0.3) is 0 Å². The van der Waals surface area contributed by atoms with Crippen molar-refractivity contribution in [2.24, 2.45) is 5.73 Å². The summed E-state index contributed by atoms with van der Waals surface area (Å²) in [4.78, 5) is 10.2. The molecule has 14 heavy (non-hydrogen) atoms. The number of hydrogen-bond donors (Lipinski definition) is 2. The zero-order chi connectivity index (χ0) is 10.7. The summed E-state index contributed by atoms with van der Waals surface area (Å²) in [6.45, 7) is 1.77. The second kappa shape index (κ2) is 3.87. The number of nitrogens with two attached hydrogens (primary N) is 1. The molecule has 1 aromatic rings. The Labute approximate surface area is 81.2 Å².